The van der Waals surface area contributed by atoms with Crippen molar-refractivity contribution in [2.45, 2.75) is 35.9 Å². The van der Waals surface area contributed by atoms with Crippen LogP contribution in [0.1, 0.15) is 11.1 Å². The van der Waals surface area contributed by atoms with Crippen molar-refractivity contribution in [3.8, 4) is 0 Å². The number of alkyl halides is 12. The highest BCUT2D eigenvalue weighted by atomic mass is 19.4. The topological polar surface area (TPSA) is 92.5 Å². The number of benzene rings is 1. The fraction of sp³-hybridized carbons (Fsp3) is 0.500. The van der Waals surface area contributed by atoms with Crippen LogP contribution < -0.4 is 11.5 Å². The van der Waals surface area contributed by atoms with Gasteiger partial charge in [-0.1, -0.05) is 6.07 Å². The maximum atomic E-state index is 13.0. The van der Waals surface area contributed by atoms with Crippen molar-refractivity contribution in [2.24, 2.45) is 0 Å². The van der Waals surface area contributed by atoms with Crippen LogP contribution in [0.4, 0.5) is 64.1 Å². The minimum atomic E-state index is -6.92. The van der Waals surface area contributed by atoms with Gasteiger partial charge in [0.05, 0.1) is 11.4 Å². The van der Waals surface area contributed by atoms with Gasteiger partial charge in [0.1, 0.15) is 0 Å². The minimum absolute atomic E-state index is 0.00376. The second kappa shape index (κ2) is 6.20. The molecule has 1 rings (SSSR count). The molecule has 0 heterocycles. The molecule has 1 aromatic carbocycles. The van der Waals surface area contributed by atoms with Crippen LogP contribution in [0, 0.1) is 0 Å². The highest BCUT2D eigenvalue weighted by Gasteiger charge is 2.77. The first-order chi connectivity index (χ1) is 12.0. The van der Waals surface area contributed by atoms with Crippen molar-refractivity contribution in [2.75, 3.05) is 11.5 Å². The molecule has 6 N–H and O–H groups in total. The minimum Gasteiger partial charge on any atom is -0.397 e. The van der Waals surface area contributed by atoms with E-state index in [0.29, 0.717) is 0 Å². The number of aliphatic hydroxyl groups is 2. The summed E-state index contributed by atoms with van der Waals surface area (Å²) in [5.41, 5.74) is -12.5. The SMILES string of the molecule is Nc1ccc(C(O)(C(F)(F)F)C(F)(F)F)c(C(O)(C(F)(F)F)C(F)(F)F)c1N. The Bertz CT molecular complexity index is 719. The second-order valence-corrected chi connectivity index (χ2v) is 5.40. The lowest BCUT2D eigenvalue weighted by atomic mass is 9.79. The third-order valence-electron chi connectivity index (χ3n) is 3.67. The third kappa shape index (κ3) is 3.17. The Morgan fingerprint density at radius 2 is 0.893 bits per heavy atom. The first kappa shape index (κ1) is 23.9. The van der Waals surface area contributed by atoms with Crippen LogP contribution in [-0.4, -0.2) is 34.9 Å². The quantitative estimate of drug-likeness (QED) is 0.419. The Kier molecular flexibility index (Phi) is 5.30. The maximum Gasteiger partial charge on any atom is 0.430 e. The summed E-state index contributed by atoms with van der Waals surface area (Å²) in [4.78, 5) is 0. The summed E-state index contributed by atoms with van der Waals surface area (Å²) in [6.45, 7) is 0. The van der Waals surface area contributed by atoms with Crippen molar-refractivity contribution in [1.29, 1.82) is 0 Å². The zero-order valence-corrected chi connectivity index (χ0v) is 12.7. The van der Waals surface area contributed by atoms with Crippen molar-refractivity contribution < 1.29 is 62.9 Å². The first-order valence-electron chi connectivity index (χ1n) is 6.45. The van der Waals surface area contributed by atoms with E-state index in [-0.39, 0.29) is 6.07 Å². The van der Waals surface area contributed by atoms with Crippen molar-refractivity contribution in [3.63, 3.8) is 0 Å². The van der Waals surface area contributed by atoms with Crippen molar-refractivity contribution in [3.05, 3.63) is 23.3 Å². The number of hydrogen-bond donors (Lipinski definition) is 4. The average molecular weight is 440 g/mol. The maximum absolute atomic E-state index is 13.0. The molecule has 4 nitrogen and oxygen atoms in total. The van der Waals surface area contributed by atoms with Crippen LogP contribution in [-0.2, 0) is 11.2 Å². The van der Waals surface area contributed by atoms with Gasteiger partial charge < -0.3 is 21.7 Å². The zero-order valence-electron chi connectivity index (χ0n) is 12.7. The Balaban J connectivity index is 4.29. The van der Waals surface area contributed by atoms with Gasteiger partial charge in [0, 0.05) is 11.1 Å². The number of halogens is 12. The van der Waals surface area contributed by atoms with Gasteiger partial charge in [-0.25, -0.2) is 0 Å². The van der Waals surface area contributed by atoms with E-state index in [1.54, 1.807) is 0 Å². The molecule has 0 unspecified atom stereocenters. The van der Waals surface area contributed by atoms with E-state index in [2.05, 4.69) is 0 Å². The van der Waals surface area contributed by atoms with Crippen molar-refractivity contribution >= 4 is 11.4 Å². The van der Waals surface area contributed by atoms with E-state index in [1.165, 1.54) is 0 Å². The van der Waals surface area contributed by atoms with Crippen LogP contribution in [0.15, 0.2) is 12.1 Å². The number of nitrogens with two attached hydrogens (primary N) is 2. The number of anilines is 2. The number of hydrogen-bond acceptors (Lipinski definition) is 4. The standard InChI is InChI=1S/C12H8F12N2O2/c13-9(14,15)7(27,10(16,17)18)3-1-2-4(25)6(26)5(3)8(28,11(19,20)21)12(22,23)24/h1-2,27-28H,25-26H2. The Hall–Kier alpha value is -2.10. The first-order valence-corrected chi connectivity index (χ1v) is 6.45. The average Bonchev–Trinajstić information content (AvgIpc) is 2.43. The van der Waals surface area contributed by atoms with Crippen LogP contribution >= 0.6 is 0 Å². The van der Waals surface area contributed by atoms with Gasteiger partial charge in [-0.15, -0.1) is 0 Å². The zero-order chi connectivity index (χ0) is 22.7. The van der Waals surface area contributed by atoms with Crippen LogP contribution in [0.3, 0.4) is 0 Å². The summed E-state index contributed by atoms with van der Waals surface area (Å²) >= 11 is 0. The molecule has 0 amide bonds. The molecule has 0 radical (unpaired) electrons. The predicted molar refractivity (Wildman–Crippen MR) is 67.3 cm³/mol. The van der Waals surface area contributed by atoms with Gasteiger partial charge in [-0.3, -0.25) is 0 Å². The third-order valence-corrected chi connectivity index (χ3v) is 3.67. The summed E-state index contributed by atoms with van der Waals surface area (Å²) in [6, 6.07) is -0.589. The molecule has 0 aliphatic carbocycles. The molecule has 0 saturated carbocycles. The molecule has 0 aliphatic rings. The molecular weight excluding hydrogens is 432 g/mol. The monoisotopic (exact) mass is 440 g/mol. The molecule has 162 valence electrons. The van der Waals surface area contributed by atoms with E-state index in [0.717, 1.165) is 0 Å². The highest BCUT2D eigenvalue weighted by Crippen LogP contribution is 2.58. The summed E-state index contributed by atoms with van der Waals surface area (Å²) in [5, 5.41) is 18.6. The molecule has 0 aliphatic heterocycles. The normalized spacial score (nSPS) is 15.1. The van der Waals surface area contributed by atoms with Gasteiger partial charge in [-0.05, 0) is 6.07 Å². The fourth-order valence-corrected chi connectivity index (χ4v) is 2.24. The summed E-state index contributed by atoms with van der Waals surface area (Å²) in [6.07, 6.45) is -27.6. The molecular formula is C12H8F12N2O2. The van der Waals surface area contributed by atoms with E-state index in [9.17, 15) is 62.9 Å². The Morgan fingerprint density at radius 3 is 1.18 bits per heavy atom. The molecule has 0 aromatic heterocycles. The summed E-state index contributed by atoms with van der Waals surface area (Å²) < 4.78 is 156. The van der Waals surface area contributed by atoms with E-state index >= 15 is 0 Å². The van der Waals surface area contributed by atoms with Gasteiger partial charge in [-0.2, -0.15) is 52.7 Å². The molecule has 0 fully saturated rings. The van der Waals surface area contributed by atoms with Gasteiger partial charge in [0.15, 0.2) is 0 Å². The van der Waals surface area contributed by atoms with Crippen LogP contribution in [0.5, 0.6) is 0 Å². The fourth-order valence-electron chi connectivity index (χ4n) is 2.24. The Labute approximate surface area is 146 Å². The molecule has 0 atom stereocenters. The van der Waals surface area contributed by atoms with Crippen LogP contribution in [0.25, 0.3) is 0 Å². The lowest BCUT2D eigenvalue weighted by Gasteiger charge is -2.40. The molecule has 16 heteroatoms. The van der Waals surface area contributed by atoms with Gasteiger partial charge in [0.25, 0.3) is 11.2 Å². The molecule has 1 aromatic rings. The van der Waals surface area contributed by atoms with Crippen LogP contribution in [0.2, 0.25) is 0 Å². The Morgan fingerprint density at radius 1 is 0.571 bits per heavy atom. The lowest BCUT2D eigenvalue weighted by Crippen LogP contribution is -2.59. The summed E-state index contributed by atoms with van der Waals surface area (Å²) in [7, 11) is 0. The number of rotatable bonds is 2. The molecule has 28 heavy (non-hydrogen) atoms. The predicted octanol–water partition coefficient (Wildman–Crippen LogP) is 3.48. The van der Waals surface area contributed by atoms with Gasteiger partial charge >= 0.3 is 24.7 Å². The summed E-state index contributed by atoms with van der Waals surface area (Å²) in [5.74, 6) is 0. The highest BCUT2D eigenvalue weighted by molar-refractivity contribution is 5.72. The van der Waals surface area contributed by atoms with Gasteiger partial charge in [0.2, 0.25) is 0 Å². The molecule has 0 spiro atoms. The van der Waals surface area contributed by atoms with E-state index in [1.807, 2.05) is 0 Å². The lowest BCUT2D eigenvalue weighted by molar-refractivity contribution is -0.387. The van der Waals surface area contributed by atoms with Crippen molar-refractivity contribution in [1.82, 2.24) is 0 Å². The van der Waals surface area contributed by atoms with E-state index in [4.69, 9.17) is 11.5 Å². The molecule has 0 bridgehead atoms. The smallest absolute Gasteiger partial charge is 0.397 e. The second-order valence-electron chi connectivity index (χ2n) is 5.40. The largest absolute Gasteiger partial charge is 0.430 e. The molecule has 0 saturated heterocycles. The number of nitrogen functional groups attached to an aromatic ring is 2. The van der Waals surface area contributed by atoms with E-state index < -0.39 is 64.5 Å².